The van der Waals surface area contributed by atoms with Gasteiger partial charge in [0.05, 0.1) is 7.11 Å². The Kier molecular flexibility index (Phi) is 4.22. The number of hydrogen-bond donors (Lipinski definition) is 0. The molecule has 1 aromatic rings. The van der Waals surface area contributed by atoms with Crippen molar-refractivity contribution < 1.29 is 14.3 Å². The molecule has 2 heterocycles. The van der Waals surface area contributed by atoms with Gasteiger partial charge in [0.2, 0.25) is 5.91 Å². The Morgan fingerprint density at radius 3 is 2.60 bits per heavy atom. The summed E-state index contributed by atoms with van der Waals surface area (Å²) >= 11 is 0. The van der Waals surface area contributed by atoms with Crippen molar-refractivity contribution in [1.82, 2.24) is 9.88 Å². The molecule has 0 spiro atoms. The predicted octanol–water partition coefficient (Wildman–Crippen LogP) is 1.62. The van der Waals surface area contributed by atoms with Crippen LogP contribution >= 0.6 is 0 Å². The van der Waals surface area contributed by atoms with Gasteiger partial charge in [0.25, 0.3) is 0 Å². The number of pyridine rings is 1. The molecule has 6 nitrogen and oxygen atoms in total. The highest BCUT2D eigenvalue weighted by atomic mass is 16.5. The Balaban J connectivity index is 2.07. The molecular formula is C14H19N3O3. The Labute approximate surface area is 118 Å². The zero-order chi connectivity index (χ0) is 14.7. The number of piperazine rings is 1. The molecule has 1 aliphatic heterocycles. The number of anilines is 1. The van der Waals surface area contributed by atoms with E-state index < -0.39 is 6.09 Å². The van der Waals surface area contributed by atoms with Crippen molar-refractivity contribution in [3.8, 4) is 0 Å². The van der Waals surface area contributed by atoms with E-state index in [1.807, 2.05) is 12.1 Å². The van der Waals surface area contributed by atoms with E-state index in [0.29, 0.717) is 24.8 Å². The van der Waals surface area contributed by atoms with Crippen LogP contribution in [0, 0.1) is 0 Å². The van der Waals surface area contributed by atoms with Crippen LogP contribution in [-0.4, -0.2) is 48.6 Å². The second kappa shape index (κ2) is 5.90. The van der Waals surface area contributed by atoms with Crippen molar-refractivity contribution in [1.29, 1.82) is 0 Å². The summed E-state index contributed by atoms with van der Waals surface area (Å²) in [7, 11) is 1.31. The highest BCUT2D eigenvalue weighted by Gasteiger charge is 2.29. The molecule has 20 heavy (non-hydrogen) atoms. The van der Waals surface area contributed by atoms with E-state index in [1.54, 1.807) is 11.1 Å². The average molecular weight is 277 g/mol. The third kappa shape index (κ3) is 2.89. The van der Waals surface area contributed by atoms with Crippen LogP contribution in [0.1, 0.15) is 25.3 Å². The summed E-state index contributed by atoms with van der Waals surface area (Å²) < 4.78 is 4.62. The molecule has 6 heteroatoms. The molecule has 0 N–H and O–H groups in total. The number of amides is 2. The summed E-state index contributed by atoms with van der Waals surface area (Å²) in [6.07, 6.45) is 1.32. The molecule has 0 aliphatic carbocycles. The first-order valence-electron chi connectivity index (χ1n) is 6.62. The SMILES string of the molecule is COC(=O)N1CCN(c2ccc(C(C)C)cn2)C(=O)C1. The number of carbonyl (C=O) groups excluding carboxylic acids is 2. The summed E-state index contributed by atoms with van der Waals surface area (Å²) in [4.78, 5) is 30.8. The molecule has 0 radical (unpaired) electrons. The van der Waals surface area contributed by atoms with Gasteiger partial charge in [-0.15, -0.1) is 0 Å². The Morgan fingerprint density at radius 2 is 2.10 bits per heavy atom. The second-order valence-corrected chi connectivity index (χ2v) is 5.04. The fraction of sp³-hybridized carbons (Fsp3) is 0.500. The van der Waals surface area contributed by atoms with E-state index in [9.17, 15) is 9.59 Å². The molecule has 0 unspecified atom stereocenters. The van der Waals surface area contributed by atoms with E-state index in [4.69, 9.17) is 0 Å². The Hall–Kier alpha value is -2.11. The first-order valence-corrected chi connectivity index (χ1v) is 6.62. The van der Waals surface area contributed by atoms with Crippen LogP contribution in [0.4, 0.5) is 10.6 Å². The summed E-state index contributed by atoms with van der Waals surface area (Å²) in [6.45, 7) is 5.10. The van der Waals surface area contributed by atoms with Gasteiger partial charge in [0, 0.05) is 19.3 Å². The number of carbonyl (C=O) groups is 2. The number of methoxy groups -OCH3 is 1. The topological polar surface area (TPSA) is 62.7 Å². The van der Waals surface area contributed by atoms with Crippen LogP contribution in [0.5, 0.6) is 0 Å². The van der Waals surface area contributed by atoms with Crippen LogP contribution in [0.25, 0.3) is 0 Å². The van der Waals surface area contributed by atoms with Gasteiger partial charge in [-0.3, -0.25) is 14.6 Å². The lowest BCUT2D eigenvalue weighted by atomic mass is 10.1. The van der Waals surface area contributed by atoms with Gasteiger partial charge in [0.15, 0.2) is 0 Å². The minimum absolute atomic E-state index is 0.0281. The van der Waals surface area contributed by atoms with Crippen molar-refractivity contribution in [2.75, 3.05) is 31.6 Å². The van der Waals surface area contributed by atoms with Crippen molar-refractivity contribution in [3.05, 3.63) is 23.9 Å². The summed E-state index contributed by atoms with van der Waals surface area (Å²) in [5.74, 6) is 0.888. The highest BCUT2D eigenvalue weighted by Crippen LogP contribution is 2.19. The van der Waals surface area contributed by atoms with Gasteiger partial charge in [-0.2, -0.15) is 0 Å². The molecule has 2 amide bonds. The third-order valence-corrected chi connectivity index (χ3v) is 3.37. The molecule has 1 aromatic heterocycles. The largest absolute Gasteiger partial charge is 0.453 e. The van der Waals surface area contributed by atoms with E-state index >= 15 is 0 Å². The smallest absolute Gasteiger partial charge is 0.410 e. The number of ether oxygens (including phenoxy) is 1. The fourth-order valence-electron chi connectivity index (χ4n) is 2.10. The minimum atomic E-state index is -0.471. The number of aromatic nitrogens is 1. The normalized spacial score (nSPS) is 15.7. The van der Waals surface area contributed by atoms with Gasteiger partial charge >= 0.3 is 6.09 Å². The summed E-state index contributed by atoms with van der Waals surface area (Å²) in [6, 6.07) is 3.83. The lowest BCUT2D eigenvalue weighted by Crippen LogP contribution is -2.52. The minimum Gasteiger partial charge on any atom is -0.453 e. The maximum absolute atomic E-state index is 12.1. The molecule has 0 bridgehead atoms. The quantitative estimate of drug-likeness (QED) is 0.824. The molecule has 1 fully saturated rings. The number of hydrogen-bond acceptors (Lipinski definition) is 4. The van der Waals surface area contributed by atoms with Crippen LogP contribution in [0.15, 0.2) is 18.3 Å². The fourth-order valence-corrected chi connectivity index (χ4v) is 2.10. The van der Waals surface area contributed by atoms with Gasteiger partial charge in [-0.25, -0.2) is 9.78 Å². The average Bonchev–Trinajstić information content (AvgIpc) is 2.46. The maximum atomic E-state index is 12.1. The third-order valence-electron chi connectivity index (χ3n) is 3.37. The van der Waals surface area contributed by atoms with Crippen LogP contribution in [0.2, 0.25) is 0 Å². The van der Waals surface area contributed by atoms with Crippen molar-refractivity contribution >= 4 is 17.8 Å². The molecule has 0 saturated carbocycles. The zero-order valence-corrected chi connectivity index (χ0v) is 12.0. The molecule has 0 aromatic carbocycles. The Morgan fingerprint density at radius 1 is 1.35 bits per heavy atom. The van der Waals surface area contributed by atoms with Gasteiger partial charge in [0.1, 0.15) is 12.4 Å². The van der Waals surface area contributed by atoms with Gasteiger partial charge in [-0.05, 0) is 17.5 Å². The van der Waals surface area contributed by atoms with E-state index in [2.05, 4.69) is 23.6 Å². The first kappa shape index (κ1) is 14.3. The number of nitrogens with zero attached hydrogens (tertiary/aromatic N) is 3. The molecule has 108 valence electrons. The first-order chi connectivity index (χ1) is 9.52. The van der Waals surface area contributed by atoms with E-state index in [0.717, 1.165) is 5.56 Å². The standard InChI is InChI=1S/C14H19N3O3/c1-10(2)11-4-5-12(15-8-11)17-7-6-16(9-13(17)18)14(19)20-3/h4-5,8,10H,6-7,9H2,1-3H3. The second-order valence-electron chi connectivity index (χ2n) is 5.04. The zero-order valence-electron chi connectivity index (χ0n) is 12.0. The molecule has 1 saturated heterocycles. The van der Waals surface area contributed by atoms with Crippen LogP contribution in [0.3, 0.4) is 0 Å². The lowest BCUT2D eigenvalue weighted by molar-refractivity contribution is -0.120. The van der Waals surface area contributed by atoms with Crippen molar-refractivity contribution in [3.63, 3.8) is 0 Å². The Bertz CT molecular complexity index is 499. The monoisotopic (exact) mass is 277 g/mol. The predicted molar refractivity (Wildman–Crippen MR) is 74.7 cm³/mol. The van der Waals surface area contributed by atoms with Gasteiger partial charge < -0.3 is 4.74 Å². The molecule has 0 atom stereocenters. The maximum Gasteiger partial charge on any atom is 0.410 e. The number of rotatable bonds is 2. The van der Waals surface area contributed by atoms with E-state index in [1.165, 1.54) is 12.0 Å². The molecule has 1 aliphatic rings. The molecular weight excluding hydrogens is 258 g/mol. The van der Waals surface area contributed by atoms with Gasteiger partial charge in [-0.1, -0.05) is 19.9 Å². The van der Waals surface area contributed by atoms with E-state index in [-0.39, 0.29) is 12.5 Å². The summed E-state index contributed by atoms with van der Waals surface area (Å²) in [5.41, 5.74) is 1.13. The lowest BCUT2D eigenvalue weighted by Gasteiger charge is -2.32. The molecule has 2 rings (SSSR count). The highest BCUT2D eigenvalue weighted by molar-refractivity contribution is 5.96. The van der Waals surface area contributed by atoms with Crippen LogP contribution in [-0.2, 0) is 9.53 Å². The van der Waals surface area contributed by atoms with Crippen molar-refractivity contribution in [2.24, 2.45) is 0 Å². The summed E-state index contributed by atoms with van der Waals surface area (Å²) in [5, 5.41) is 0. The van der Waals surface area contributed by atoms with Crippen LogP contribution < -0.4 is 4.90 Å². The van der Waals surface area contributed by atoms with Crippen molar-refractivity contribution in [2.45, 2.75) is 19.8 Å².